The third-order valence-electron chi connectivity index (χ3n) is 4.69. The molecule has 1 aromatic heterocycles. The van der Waals surface area contributed by atoms with Crippen molar-refractivity contribution in [3.63, 3.8) is 0 Å². The fraction of sp³-hybridized carbons (Fsp3) is 0.0800. The zero-order valence-corrected chi connectivity index (χ0v) is 16.8. The first-order valence-electron chi connectivity index (χ1n) is 9.43. The first-order chi connectivity index (χ1) is 13.8. The van der Waals surface area contributed by atoms with Gasteiger partial charge in [-0.25, -0.2) is 0 Å². The van der Waals surface area contributed by atoms with Crippen molar-refractivity contribution < 1.29 is 0 Å². The van der Waals surface area contributed by atoms with Crippen LogP contribution in [0, 0.1) is 0 Å². The normalized spacial score (nSPS) is 10.8. The molecule has 0 saturated heterocycles. The molecule has 0 bridgehead atoms. The topological polar surface area (TPSA) is 16.1 Å². The van der Waals surface area contributed by atoms with Crippen LogP contribution >= 0.6 is 7.92 Å². The molecule has 0 saturated carbocycles. The molecule has 0 aliphatic rings. The summed E-state index contributed by atoms with van der Waals surface area (Å²) in [6.45, 7) is 0.782. The summed E-state index contributed by atoms with van der Waals surface area (Å²) in [6, 6.07) is 36.5. The number of hydrogen-bond acceptors (Lipinski definition) is 2. The summed E-state index contributed by atoms with van der Waals surface area (Å²) >= 11 is 0. The number of anilines is 1. The van der Waals surface area contributed by atoms with Gasteiger partial charge in [-0.1, -0.05) is 84.9 Å². The van der Waals surface area contributed by atoms with Gasteiger partial charge in [0.15, 0.2) is 0 Å². The Bertz CT molecular complexity index is 965. The molecule has 3 heteroatoms. The quantitative estimate of drug-likeness (QED) is 0.457. The van der Waals surface area contributed by atoms with Crippen LogP contribution in [-0.4, -0.2) is 12.0 Å². The van der Waals surface area contributed by atoms with E-state index >= 15 is 0 Å². The van der Waals surface area contributed by atoms with Crippen molar-refractivity contribution in [2.45, 2.75) is 6.54 Å². The Labute approximate surface area is 168 Å². The van der Waals surface area contributed by atoms with E-state index in [1.165, 1.54) is 21.6 Å². The minimum Gasteiger partial charge on any atom is -0.368 e. The zero-order valence-electron chi connectivity index (χ0n) is 15.9. The Morgan fingerprint density at radius 3 is 1.86 bits per heavy atom. The van der Waals surface area contributed by atoms with E-state index in [0.29, 0.717) is 0 Å². The lowest BCUT2D eigenvalue weighted by Gasteiger charge is -2.27. The zero-order chi connectivity index (χ0) is 19.2. The lowest BCUT2D eigenvalue weighted by Crippen LogP contribution is -2.28. The van der Waals surface area contributed by atoms with Gasteiger partial charge in [-0.05, 0) is 36.7 Å². The Kier molecular flexibility index (Phi) is 5.80. The van der Waals surface area contributed by atoms with Crippen LogP contribution in [0.15, 0.2) is 109 Å². The minimum absolute atomic E-state index is 0.636. The molecule has 3 aromatic carbocycles. The summed E-state index contributed by atoms with van der Waals surface area (Å²) in [5, 5.41) is 4.10. The first kappa shape index (κ1) is 18.4. The van der Waals surface area contributed by atoms with Gasteiger partial charge < -0.3 is 4.90 Å². The molecule has 1 heterocycles. The summed E-state index contributed by atoms with van der Waals surface area (Å²) in [5.74, 6) is 0. The van der Waals surface area contributed by atoms with Gasteiger partial charge in [0, 0.05) is 24.2 Å². The summed E-state index contributed by atoms with van der Waals surface area (Å²) in [7, 11) is 1.51. The molecule has 0 fully saturated rings. The number of pyridine rings is 1. The predicted octanol–water partition coefficient (Wildman–Crippen LogP) is 4.48. The minimum atomic E-state index is -0.636. The van der Waals surface area contributed by atoms with Crippen molar-refractivity contribution in [2.24, 2.45) is 0 Å². The molecule has 0 radical (unpaired) electrons. The Morgan fingerprint density at radius 2 is 1.25 bits per heavy atom. The smallest absolute Gasteiger partial charge is 0.0599 e. The summed E-state index contributed by atoms with van der Waals surface area (Å²) in [6.07, 6.45) is 1.86. The number of aromatic nitrogens is 1. The van der Waals surface area contributed by atoms with E-state index in [4.69, 9.17) is 0 Å². The van der Waals surface area contributed by atoms with Crippen LogP contribution in [0.1, 0.15) is 5.69 Å². The predicted molar refractivity (Wildman–Crippen MR) is 121 cm³/mol. The Hall–Kier alpha value is -2.96. The van der Waals surface area contributed by atoms with Crippen molar-refractivity contribution in [3.05, 3.63) is 115 Å². The lowest BCUT2D eigenvalue weighted by atomic mass is 10.2. The molecule has 0 aliphatic heterocycles. The second-order valence-electron chi connectivity index (χ2n) is 6.67. The lowest BCUT2D eigenvalue weighted by molar-refractivity contribution is 0.888. The van der Waals surface area contributed by atoms with E-state index in [2.05, 4.69) is 108 Å². The van der Waals surface area contributed by atoms with Gasteiger partial charge in [0.1, 0.15) is 0 Å². The molecule has 0 atom stereocenters. The molecule has 0 N–H and O–H groups in total. The number of rotatable bonds is 6. The van der Waals surface area contributed by atoms with Crippen molar-refractivity contribution in [3.8, 4) is 0 Å². The van der Waals surface area contributed by atoms with Crippen molar-refractivity contribution in [1.82, 2.24) is 4.98 Å². The molecule has 0 aliphatic carbocycles. The fourth-order valence-corrected chi connectivity index (χ4v) is 5.88. The monoisotopic (exact) mass is 382 g/mol. The van der Waals surface area contributed by atoms with Crippen LogP contribution in [-0.2, 0) is 6.54 Å². The highest BCUT2D eigenvalue weighted by Crippen LogP contribution is 2.36. The SMILES string of the molecule is CN(Cc1ccccn1)c1ccccc1P(c1ccccc1)c1ccccc1. The van der Waals surface area contributed by atoms with E-state index < -0.39 is 7.92 Å². The van der Waals surface area contributed by atoms with Gasteiger partial charge in [-0.15, -0.1) is 0 Å². The molecule has 4 rings (SSSR count). The second kappa shape index (κ2) is 8.82. The number of nitrogens with zero attached hydrogens (tertiary/aromatic N) is 2. The van der Waals surface area contributed by atoms with Crippen LogP contribution in [0.5, 0.6) is 0 Å². The molecule has 28 heavy (non-hydrogen) atoms. The largest absolute Gasteiger partial charge is 0.368 e. The highest BCUT2D eigenvalue weighted by Gasteiger charge is 2.20. The van der Waals surface area contributed by atoms with Crippen molar-refractivity contribution >= 4 is 29.5 Å². The highest BCUT2D eigenvalue weighted by atomic mass is 31.1. The van der Waals surface area contributed by atoms with Gasteiger partial charge >= 0.3 is 0 Å². The molecular formula is C25H23N2P. The standard InChI is InChI=1S/C25H23N2P/c1-27(20-21-12-10-11-19-26-21)24-17-8-9-18-25(24)28(22-13-4-2-5-14-22)23-15-6-3-7-16-23/h2-19H,20H2,1H3. The van der Waals surface area contributed by atoms with Gasteiger partial charge in [-0.2, -0.15) is 0 Å². The third kappa shape index (κ3) is 4.13. The van der Waals surface area contributed by atoms with E-state index in [1.807, 2.05) is 18.3 Å². The summed E-state index contributed by atoms with van der Waals surface area (Å²) in [5.41, 5.74) is 2.33. The maximum absolute atomic E-state index is 4.50. The molecule has 0 amide bonds. The second-order valence-corrected chi connectivity index (χ2v) is 8.86. The van der Waals surface area contributed by atoms with E-state index in [0.717, 1.165) is 12.2 Å². The molecule has 2 nitrogen and oxygen atoms in total. The van der Waals surface area contributed by atoms with Gasteiger partial charge in [0.05, 0.1) is 12.2 Å². The Morgan fingerprint density at radius 1 is 0.679 bits per heavy atom. The summed E-state index contributed by atoms with van der Waals surface area (Å²) in [4.78, 5) is 6.80. The van der Waals surface area contributed by atoms with E-state index in [1.54, 1.807) is 0 Å². The molecule has 138 valence electrons. The van der Waals surface area contributed by atoms with Crippen molar-refractivity contribution in [1.29, 1.82) is 0 Å². The van der Waals surface area contributed by atoms with Gasteiger partial charge in [0.2, 0.25) is 0 Å². The maximum Gasteiger partial charge on any atom is 0.0599 e. The molecule has 4 aromatic rings. The average molecular weight is 382 g/mol. The number of benzene rings is 3. The molecular weight excluding hydrogens is 359 g/mol. The first-order valence-corrected chi connectivity index (χ1v) is 10.8. The van der Waals surface area contributed by atoms with Crippen LogP contribution in [0.4, 0.5) is 5.69 Å². The van der Waals surface area contributed by atoms with Crippen LogP contribution in [0.25, 0.3) is 0 Å². The van der Waals surface area contributed by atoms with E-state index in [-0.39, 0.29) is 0 Å². The van der Waals surface area contributed by atoms with Crippen LogP contribution < -0.4 is 20.8 Å². The van der Waals surface area contributed by atoms with Crippen LogP contribution in [0.2, 0.25) is 0 Å². The number of hydrogen-bond donors (Lipinski definition) is 0. The fourth-order valence-electron chi connectivity index (χ4n) is 3.38. The molecule has 0 spiro atoms. The van der Waals surface area contributed by atoms with Crippen LogP contribution in [0.3, 0.4) is 0 Å². The van der Waals surface area contributed by atoms with E-state index in [9.17, 15) is 0 Å². The average Bonchev–Trinajstić information content (AvgIpc) is 2.76. The van der Waals surface area contributed by atoms with Gasteiger partial charge in [0.25, 0.3) is 0 Å². The van der Waals surface area contributed by atoms with Gasteiger partial charge in [-0.3, -0.25) is 4.98 Å². The highest BCUT2D eigenvalue weighted by molar-refractivity contribution is 7.80. The Balaban J connectivity index is 1.77. The number of para-hydroxylation sites is 1. The maximum atomic E-state index is 4.50. The summed E-state index contributed by atoms with van der Waals surface area (Å²) < 4.78 is 0. The molecule has 0 unspecified atom stereocenters. The third-order valence-corrected chi connectivity index (χ3v) is 7.18. The van der Waals surface area contributed by atoms with Crippen molar-refractivity contribution in [2.75, 3.05) is 11.9 Å².